The van der Waals surface area contributed by atoms with Gasteiger partial charge in [0.25, 0.3) is 13.9 Å². The summed E-state index contributed by atoms with van der Waals surface area (Å²) in [4.78, 5) is 39.5. The van der Waals surface area contributed by atoms with Gasteiger partial charge in [-0.15, -0.1) is 11.8 Å². The van der Waals surface area contributed by atoms with Gasteiger partial charge >= 0.3 is 17.8 Å². The average molecular weight is 824 g/mol. The highest BCUT2D eigenvalue weighted by Crippen LogP contribution is 2.41. The van der Waals surface area contributed by atoms with E-state index in [0.717, 1.165) is 27.2 Å². The summed E-state index contributed by atoms with van der Waals surface area (Å²) in [6.45, 7) is 8.29. The number of benzene rings is 3. The van der Waals surface area contributed by atoms with Crippen LogP contribution < -0.4 is 36.4 Å². The number of carbonyl (C=O) groups is 1. The van der Waals surface area contributed by atoms with Crippen molar-refractivity contribution in [3.05, 3.63) is 117 Å². The van der Waals surface area contributed by atoms with E-state index in [2.05, 4.69) is 61.9 Å². The summed E-state index contributed by atoms with van der Waals surface area (Å²) in [6.07, 6.45) is -3.20. The van der Waals surface area contributed by atoms with E-state index >= 15 is 0 Å². The number of aromatic amines is 1. The molecule has 1 fully saturated rings. The number of H-pyrrole nitrogens is 1. The minimum Gasteiger partial charge on any atom is -0.497 e. The summed E-state index contributed by atoms with van der Waals surface area (Å²) in [5.41, 5.74) is 0.484. The molecule has 4 aromatic rings. The van der Waals surface area contributed by atoms with Crippen LogP contribution in [0, 0.1) is 24.7 Å². The van der Waals surface area contributed by atoms with E-state index in [1.807, 2.05) is 55.5 Å². The van der Waals surface area contributed by atoms with E-state index < -0.39 is 44.2 Å². The SMILES string of the molecule is COc1cc(C)c(CSCOC2C[C@H](n3cc(C#CCNC(=O)C(F)(F)F)c(=O)[nH]c3=O)C[C@@H]2CO[Si](c2ccccc2)(c2ccccc2)C(C)(C)C)c(OC)c1. The molecule has 1 unspecified atom stereocenters. The highest BCUT2D eigenvalue weighted by atomic mass is 32.2. The molecule has 0 bridgehead atoms. The van der Waals surface area contributed by atoms with Crippen LogP contribution in [0.15, 0.2) is 88.6 Å². The highest BCUT2D eigenvalue weighted by molar-refractivity contribution is 7.98. The number of amides is 1. The number of nitrogens with zero attached hydrogens (tertiary/aromatic N) is 1. The van der Waals surface area contributed by atoms with E-state index in [4.69, 9.17) is 18.6 Å². The number of aromatic nitrogens is 2. The second-order valence-corrected chi connectivity index (χ2v) is 20.1. The number of ether oxygens (including phenoxy) is 3. The van der Waals surface area contributed by atoms with Crippen LogP contribution in [-0.2, 0) is 19.7 Å². The van der Waals surface area contributed by atoms with Crippen LogP contribution in [-0.4, -0.2) is 69.4 Å². The van der Waals surface area contributed by atoms with E-state index in [1.54, 1.807) is 31.3 Å². The normalized spacial score (nSPS) is 17.1. The monoisotopic (exact) mass is 823 g/mol. The first-order valence-corrected chi connectivity index (χ1v) is 21.5. The number of alkyl halides is 3. The number of hydrogen-bond donors (Lipinski definition) is 2. The molecule has 1 saturated carbocycles. The first-order valence-electron chi connectivity index (χ1n) is 18.4. The Morgan fingerprint density at radius 3 is 2.21 bits per heavy atom. The Bertz CT molecular complexity index is 2140. The molecule has 0 saturated heterocycles. The average Bonchev–Trinajstić information content (AvgIpc) is 3.58. The van der Waals surface area contributed by atoms with Crippen molar-refractivity contribution in [2.45, 2.75) is 69.6 Å². The first-order chi connectivity index (χ1) is 27.1. The molecule has 0 aliphatic heterocycles. The van der Waals surface area contributed by atoms with Gasteiger partial charge in [-0.2, -0.15) is 13.2 Å². The maximum absolute atomic E-state index is 13.3. The van der Waals surface area contributed by atoms with E-state index in [-0.39, 0.29) is 22.6 Å². The summed E-state index contributed by atoms with van der Waals surface area (Å²) in [7, 11) is 0.290. The van der Waals surface area contributed by atoms with Crippen molar-refractivity contribution in [1.29, 1.82) is 0 Å². The Balaban J connectivity index is 1.43. The molecule has 1 amide bonds. The molecular formula is C42H48F3N3O7SSi. The first kappa shape index (κ1) is 43.4. The summed E-state index contributed by atoms with van der Waals surface area (Å²) < 4.78 is 64.3. The Morgan fingerprint density at radius 2 is 1.63 bits per heavy atom. The van der Waals surface area contributed by atoms with Crippen LogP contribution in [0.3, 0.4) is 0 Å². The van der Waals surface area contributed by atoms with Gasteiger partial charge in [0.1, 0.15) is 17.1 Å². The van der Waals surface area contributed by atoms with Crippen LogP contribution in [0.4, 0.5) is 13.2 Å². The van der Waals surface area contributed by atoms with Crippen LogP contribution in [0.25, 0.3) is 0 Å². The summed E-state index contributed by atoms with van der Waals surface area (Å²) in [6, 6.07) is 24.0. The second kappa shape index (κ2) is 18.7. The van der Waals surface area contributed by atoms with Crippen molar-refractivity contribution in [3.8, 4) is 23.3 Å². The molecule has 1 aliphatic carbocycles. The largest absolute Gasteiger partial charge is 0.497 e. The zero-order chi connectivity index (χ0) is 41.4. The van der Waals surface area contributed by atoms with Crippen molar-refractivity contribution in [1.82, 2.24) is 14.9 Å². The lowest BCUT2D eigenvalue weighted by atomic mass is 10.1. The Labute approximate surface area is 335 Å². The van der Waals surface area contributed by atoms with Gasteiger partial charge in [-0.1, -0.05) is 93.3 Å². The lowest BCUT2D eigenvalue weighted by Gasteiger charge is -2.43. The van der Waals surface area contributed by atoms with Gasteiger partial charge in [0.05, 0.1) is 32.8 Å². The maximum atomic E-state index is 13.3. The van der Waals surface area contributed by atoms with Crippen molar-refractivity contribution >= 4 is 36.4 Å². The minimum atomic E-state index is -5.06. The Hall–Kier alpha value is -4.75. The predicted molar refractivity (Wildman–Crippen MR) is 218 cm³/mol. The molecule has 304 valence electrons. The Kier molecular flexibility index (Phi) is 14.2. The van der Waals surface area contributed by atoms with Gasteiger partial charge in [-0.05, 0) is 46.8 Å². The molecule has 15 heteroatoms. The quantitative estimate of drug-likeness (QED) is 0.0721. The number of carbonyl (C=O) groups excluding carboxylic acids is 1. The number of halogens is 3. The number of nitrogens with one attached hydrogen (secondary N) is 2. The van der Waals surface area contributed by atoms with Gasteiger partial charge in [-0.25, -0.2) is 4.79 Å². The molecule has 1 aliphatic rings. The zero-order valence-corrected chi connectivity index (χ0v) is 34.6. The summed E-state index contributed by atoms with van der Waals surface area (Å²) in [5, 5.41) is 3.63. The zero-order valence-electron chi connectivity index (χ0n) is 32.8. The molecule has 57 heavy (non-hydrogen) atoms. The smallest absolute Gasteiger partial charge is 0.471 e. The van der Waals surface area contributed by atoms with Crippen molar-refractivity contribution in [3.63, 3.8) is 0 Å². The second-order valence-electron chi connectivity index (χ2n) is 14.8. The van der Waals surface area contributed by atoms with Gasteiger partial charge in [0.15, 0.2) is 0 Å². The molecule has 0 radical (unpaired) electrons. The predicted octanol–water partition coefficient (Wildman–Crippen LogP) is 5.70. The van der Waals surface area contributed by atoms with Gasteiger partial charge in [-0.3, -0.25) is 19.1 Å². The number of rotatable bonds is 14. The summed E-state index contributed by atoms with van der Waals surface area (Å²) in [5.74, 6) is 4.94. The lowest BCUT2D eigenvalue weighted by molar-refractivity contribution is -0.173. The molecule has 1 heterocycles. The molecule has 3 atom stereocenters. The molecule has 5 rings (SSSR count). The maximum Gasteiger partial charge on any atom is 0.471 e. The number of methoxy groups -OCH3 is 2. The van der Waals surface area contributed by atoms with Crippen LogP contribution in [0.5, 0.6) is 11.5 Å². The van der Waals surface area contributed by atoms with Gasteiger partial charge in [0.2, 0.25) is 0 Å². The number of aryl methyl sites for hydroxylation is 1. The summed E-state index contributed by atoms with van der Waals surface area (Å²) >= 11 is 1.58. The molecule has 10 nitrogen and oxygen atoms in total. The third-order valence-electron chi connectivity index (χ3n) is 10.2. The van der Waals surface area contributed by atoms with Crippen molar-refractivity contribution < 1.29 is 36.6 Å². The standard InChI is InChI=1S/C42H48F3N3O7SSi/c1-28-20-32(52-5)23-37(53-6)35(28)26-56-27-54-36-22-31(48-24-29(38(49)47-40(48)51)14-13-19-46-39(50)42(43,44)45)21-30(36)25-55-57(41(2,3)4,33-15-9-7-10-16-33)34-17-11-8-12-18-34/h7-12,15-18,20,23-24,30-31,36H,19,21-22,25-27H2,1-6H3,(H,46,50)(H,47,49,51)/t30-,31-,36?/m1/s1. The fourth-order valence-electron chi connectivity index (χ4n) is 7.39. The van der Waals surface area contributed by atoms with Gasteiger partial charge < -0.3 is 24.0 Å². The fourth-order valence-corrected chi connectivity index (χ4v) is 12.9. The van der Waals surface area contributed by atoms with E-state index in [9.17, 15) is 27.6 Å². The van der Waals surface area contributed by atoms with Gasteiger partial charge in [0, 0.05) is 42.1 Å². The highest BCUT2D eigenvalue weighted by Gasteiger charge is 2.51. The molecule has 0 spiro atoms. The van der Waals surface area contributed by atoms with Crippen LogP contribution >= 0.6 is 11.8 Å². The molecule has 3 aromatic carbocycles. The third-order valence-corrected chi connectivity index (χ3v) is 16.0. The van der Waals surface area contributed by atoms with E-state index in [1.165, 1.54) is 10.8 Å². The molecule has 1 aromatic heterocycles. The fraction of sp³-hybridized carbons (Fsp3) is 0.405. The number of hydrogen-bond acceptors (Lipinski definition) is 8. The molecule has 2 N–H and O–H groups in total. The van der Waals surface area contributed by atoms with Crippen molar-refractivity contribution in [2.75, 3.05) is 33.3 Å². The number of thioether (sulfide) groups is 1. The third kappa shape index (κ3) is 10.2. The topological polar surface area (TPSA) is 121 Å². The Morgan fingerprint density at radius 1 is 0.982 bits per heavy atom. The van der Waals surface area contributed by atoms with Crippen molar-refractivity contribution in [2.24, 2.45) is 5.92 Å². The van der Waals surface area contributed by atoms with E-state index in [0.29, 0.717) is 36.9 Å². The van der Waals surface area contributed by atoms with Crippen LogP contribution in [0.2, 0.25) is 5.04 Å². The minimum absolute atomic E-state index is 0.125. The van der Waals surface area contributed by atoms with Crippen LogP contribution in [0.1, 0.15) is 56.3 Å². The lowest BCUT2D eigenvalue weighted by Crippen LogP contribution is -2.67. The molecular weight excluding hydrogens is 776 g/mol.